The molecule has 0 bridgehead atoms. The molecule has 3 aromatic carbocycles. The van der Waals surface area contributed by atoms with Crippen LogP contribution in [0.25, 0.3) is 11.3 Å². The van der Waals surface area contributed by atoms with Crippen LogP contribution in [0.5, 0.6) is 0 Å². The van der Waals surface area contributed by atoms with Gasteiger partial charge in [-0.25, -0.2) is 0 Å². The van der Waals surface area contributed by atoms with Crippen LogP contribution in [-0.2, 0) is 16.1 Å². The van der Waals surface area contributed by atoms with Crippen LogP contribution in [0.3, 0.4) is 0 Å². The van der Waals surface area contributed by atoms with Crippen LogP contribution in [0.15, 0.2) is 66.7 Å². The van der Waals surface area contributed by atoms with E-state index in [1.165, 1.54) is 0 Å². The molecule has 2 aliphatic rings. The topological polar surface area (TPSA) is 93.9 Å². The van der Waals surface area contributed by atoms with Gasteiger partial charge in [-0.15, -0.1) is 0 Å². The normalized spacial score (nSPS) is 17.0. The highest BCUT2D eigenvalue weighted by atomic mass is 35.5. The fourth-order valence-electron chi connectivity index (χ4n) is 4.84. The molecule has 9 heteroatoms. The zero-order chi connectivity index (χ0) is 27.5. The second kappa shape index (κ2) is 11.6. The molecule has 39 heavy (non-hydrogen) atoms. The number of halogens is 1. The van der Waals surface area contributed by atoms with Crippen molar-refractivity contribution in [1.82, 2.24) is 9.80 Å². The number of anilines is 3. The van der Waals surface area contributed by atoms with Crippen LogP contribution in [0.1, 0.15) is 16.7 Å². The van der Waals surface area contributed by atoms with E-state index in [-0.39, 0.29) is 11.8 Å². The summed E-state index contributed by atoms with van der Waals surface area (Å²) in [6, 6.07) is 20.9. The molecule has 0 saturated carbocycles. The van der Waals surface area contributed by atoms with Gasteiger partial charge in [-0.1, -0.05) is 41.9 Å². The van der Waals surface area contributed by atoms with Crippen molar-refractivity contribution >= 4 is 51.7 Å². The Morgan fingerprint density at radius 3 is 2.38 bits per heavy atom. The quantitative estimate of drug-likeness (QED) is 0.390. The summed E-state index contributed by atoms with van der Waals surface area (Å²) >= 11 is 6.17. The van der Waals surface area contributed by atoms with Crippen molar-refractivity contribution in [3.63, 3.8) is 0 Å². The third-order valence-corrected chi connectivity index (χ3v) is 7.54. The van der Waals surface area contributed by atoms with Crippen molar-refractivity contribution in [3.8, 4) is 0 Å². The molecule has 3 aromatic rings. The lowest BCUT2D eigenvalue weighted by Crippen LogP contribution is -2.48. The van der Waals surface area contributed by atoms with Crippen LogP contribution in [-0.4, -0.2) is 68.4 Å². The van der Waals surface area contributed by atoms with Gasteiger partial charge < -0.3 is 26.2 Å². The van der Waals surface area contributed by atoms with Gasteiger partial charge in [0.15, 0.2) is 0 Å². The summed E-state index contributed by atoms with van der Waals surface area (Å²) < 4.78 is 0. The van der Waals surface area contributed by atoms with Crippen molar-refractivity contribution in [2.75, 3.05) is 62.4 Å². The lowest BCUT2D eigenvalue weighted by Gasteiger charge is -2.32. The minimum atomic E-state index is -0.205. The monoisotopic (exact) mass is 544 g/mol. The number of likely N-dealkylation sites (N-methyl/N-ethyl adjacent to an activating group) is 2. The summed E-state index contributed by atoms with van der Waals surface area (Å²) in [7, 11) is 3.91. The predicted molar refractivity (Wildman–Crippen MR) is 159 cm³/mol. The largest absolute Gasteiger partial charge is 0.354 e. The maximum atomic E-state index is 13.1. The predicted octanol–water partition coefficient (Wildman–Crippen LogP) is 3.94. The van der Waals surface area contributed by atoms with Gasteiger partial charge in [0.05, 0.1) is 23.5 Å². The van der Waals surface area contributed by atoms with Crippen molar-refractivity contribution < 1.29 is 9.59 Å². The molecule has 0 atom stereocenters. The number of amides is 2. The zero-order valence-corrected chi connectivity index (χ0v) is 23.0. The molecule has 1 saturated heterocycles. The number of fused-ring (bicyclic) bond motifs is 1. The van der Waals surface area contributed by atoms with E-state index in [0.717, 1.165) is 54.2 Å². The number of rotatable bonds is 7. The van der Waals surface area contributed by atoms with Crippen LogP contribution >= 0.6 is 11.6 Å². The molecule has 0 aliphatic carbocycles. The van der Waals surface area contributed by atoms with Crippen LogP contribution in [0, 0.1) is 0 Å². The summed E-state index contributed by atoms with van der Waals surface area (Å²) in [5, 5.41) is 6.95. The molecule has 2 aliphatic heterocycles. The SMILES string of the molecule is CN1CCN(CC(=O)N(C)c2ccc(NC(=C3C(=O)Nc4cc(Cl)ccc43)c3ccc(CN)cc3)cc2)CC1. The van der Waals surface area contributed by atoms with Gasteiger partial charge in [0, 0.05) is 61.7 Å². The van der Waals surface area contributed by atoms with Crippen LogP contribution in [0.2, 0.25) is 5.02 Å². The first kappa shape index (κ1) is 26.9. The Morgan fingerprint density at radius 1 is 1.03 bits per heavy atom. The first-order valence-corrected chi connectivity index (χ1v) is 13.4. The Bertz CT molecular complexity index is 1400. The molecule has 4 N–H and O–H groups in total. The van der Waals surface area contributed by atoms with Crippen molar-refractivity contribution in [1.29, 1.82) is 0 Å². The summed E-state index contributed by atoms with van der Waals surface area (Å²) in [5.74, 6) is -0.149. The number of carbonyl (C=O) groups excluding carboxylic acids is 2. The molecular weight excluding hydrogens is 512 g/mol. The fraction of sp³-hybridized carbons (Fsp3) is 0.267. The van der Waals surface area contributed by atoms with E-state index >= 15 is 0 Å². The van der Waals surface area contributed by atoms with Gasteiger partial charge in [0.25, 0.3) is 5.91 Å². The second-order valence-electron chi connectivity index (χ2n) is 10.00. The third-order valence-electron chi connectivity index (χ3n) is 7.31. The average Bonchev–Trinajstić information content (AvgIpc) is 3.27. The molecule has 2 heterocycles. The molecule has 5 rings (SSSR count). The number of piperazine rings is 1. The lowest BCUT2D eigenvalue weighted by molar-refractivity contribution is -0.119. The van der Waals surface area contributed by atoms with E-state index in [0.29, 0.717) is 35.1 Å². The molecule has 8 nitrogen and oxygen atoms in total. The number of hydrogen-bond acceptors (Lipinski definition) is 6. The molecule has 2 amide bonds. The number of nitrogens with one attached hydrogen (secondary N) is 2. The Morgan fingerprint density at radius 2 is 1.72 bits per heavy atom. The first-order chi connectivity index (χ1) is 18.8. The minimum Gasteiger partial charge on any atom is -0.354 e. The average molecular weight is 545 g/mol. The van der Waals surface area contributed by atoms with E-state index < -0.39 is 0 Å². The van der Waals surface area contributed by atoms with Crippen molar-refractivity contribution in [3.05, 3.63) is 88.4 Å². The van der Waals surface area contributed by atoms with Gasteiger partial charge in [-0.05, 0) is 54.6 Å². The standard InChI is InChI=1S/C30H33ClN6O2/c1-35-13-15-37(16-14-35)19-27(38)36(2)24-10-8-23(9-11-24)33-29(21-5-3-20(18-32)4-6-21)28-25-12-7-22(31)17-26(25)34-30(28)39/h3-12,17,33H,13-16,18-19,32H2,1-2H3,(H,34,39). The molecule has 0 aromatic heterocycles. The van der Waals surface area contributed by atoms with Crippen molar-refractivity contribution in [2.45, 2.75) is 6.54 Å². The van der Waals surface area contributed by atoms with Gasteiger partial charge in [-0.3, -0.25) is 14.5 Å². The van der Waals surface area contributed by atoms with E-state index in [9.17, 15) is 9.59 Å². The van der Waals surface area contributed by atoms with E-state index in [4.69, 9.17) is 17.3 Å². The fourth-order valence-corrected chi connectivity index (χ4v) is 5.01. The molecule has 202 valence electrons. The molecule has 0 radical (unpaired) electrons. The Hall–Kier alpha value is -3.69. The second-order valence-corrected chi connectivity index (χ2v) is 10.4. The number of benzene rings is 3. The Labute approximate surface area is 234 Å². The van der Waals surface area contributed by atoms with Gasteiger partial charge >= 0.3 is 0 Å². The van der Waals surface area contributed by atoms with E-state index in [1.807, 2.05) is 54.6 Å². The highest BCUT2D eigenvalue weighted by Crippen LogP contribution is 2.39. The summed E-state index contributed by atoms with van der Waals surface area (Å²) in [6.07, 6.45) is 0. The Balaban J connectivity index is 1.40. The van der Waals surface area contributed by atoms with Crippen molar-refractivity contribution in [2.24, 2.45) is 5.73 Å². The zero-order valence-electron chi connectivity index (χ0n) is 22.2. The smallest absolute Gasteiger partial charge is 0.258 e. The number of nitrogens with zero attached hydrogens (tertiary/aromatic N) is 3. The highest BCUT2D eigenvalue weighted by molar-refractivity contribution is 6.38. The highest BCUT2D eigenvalue weighted by Gasteiger charge is 2.29. The molecular formula is C30H33ClN6O2. The van der Waals surface area contributed by atoms with Gasteiger partial charge in [0.2, 0.25) is 5.91 Å². The van der Waals surface area contributed by atoms with E-state index in [1.54, 1.807) is 24.1 Å². The summed E-state index contributed by atoms with van der Waals surface area (Å²) in [6.45, 7) is 4.57. The van der Waals surface area contributed by atoms with E-state index in [2.05, 4.69) is 27.5 Å². The third kappa shape index (κ3) is 5.99. The number of carbonyl (C=O) groups is 2. The maximum Gasteiger partial charge on any atom is 0.258 e. The molecule has 1 fully saturated rings. The van der Waals surface area contributed by atoms with Crippen LogP contribution in [0.4, 0.5) is 17.1 Å². The maximum absolute atomic E-state index is 13.1. The summed E-state index contributed by atoms with van der Waals surface area (Å²) in [5.41, 5.74) is 11.9. The Kier molecular flexibility index (Phi) is 7.99. The number of nitrogens with two attached hydrogens (primary N) is 1. The molecule has 0 unspecified atom stereocenters. The summed E-state index contributed by atoms with van der Waals surface area (Å²) in [4.78, 5) is 32.2. The molecule has 0 spiro atoms. The van der Waals surface area contributed by atoms with Gasteiger partial charge in [-0.2, -0.15) is 0 Å². The van der Waals surface area contributed by atoms with Gasteiger partial charge in [0.1, 0.15) is 0 Å². The van der Waals surface area contributed by atoms with Crippen LogP contribution < -0.4 is 21.3 Å². The number of hydrogen-bond donors (Lipinski definition) is 3. The first-order valence-electron chi connectivity index (χ1n) is 13.0. The lowest BCUT2D eigenvalue weighted by atomic mass is 9.99. The minimum absolute atomic E-state index is 0.0564.